The van der Waals surface area contributed by atoms with Gasteiger partial charge in [-0.3, -0.25) is 4.79 Å². The smallest absolute Gasteiger partial charge is 0.501 e. The number of carboxylic acid groups (broad SMARTS) is 1. The summed E-state index contributed by atoms with van der Waals surface area (Å²) < 4.78 is 39.5. The zero-order valence-electron chi connectivity index (χ0n) is 8.84. The summed E-state index contributed by atoms with van der Waals surface area (Å²) in [6, 6.07) is 0.486. The lowest BCUT2D eigenvalue weighted by molar-refractivity contribution is -0.391. The Hall–Kier alpha value is -2.59. The highest BCUT2D eigenvalue weighted by Gasteiger charge is 2.36. The van der Waals surface area contributed by atoms with Crippen LogP contribution in [0.15, 0.2) is 6.07 Å². The maximum absolute atomic E-state index is 12.1. The Morgan fingerprint density at radius 3 is 2.53 bits per heavy atom. The number of alkyl halides is 3. The molecular formula is C8H5F3N2O6. The van der Waals surface area contributed by atoms with Gasteiger partial charge in [-0.1, -0.05) is 0 Å². The van der Waals surface area contributed by atoms with Crippen molar-refractivity contribution in [1.29, 1.82) is 0 Å². The van der Waals surface area contributed by atoms with Crippen molar-refractivity contribution < 1.29 is 37.8 Å². The highest BCUT2D eigenvalue weighted by Crippen LogP contribution is 2.32. The first-order chi connectivity index (χ1) is 8.60. The fraction of sp³-hybridized carbons (Fsp3) is 0.250. The van der Waals surface area contributed by atoms with E-state index in [9.17, 15) is 28.1 Å². The van der Waals surface area contributed by atoms with E-state index in [-0.39, 0.29) is 0 Å². The third-order valence-corrected chi connectivity index (χ3v) is 1.75. The predicted octanol–water partition coefficient (Wildman–Crippen LogP) is 1.22. The number of carbonyl (C=O) groups is 1. The first kappa shape index (κ1) is 14.5. The molecule has 19 heavy (non-hydrogen) atoms. The summed E-state index contributed by atoms with van der Waals surface area (Å²) in [5.74, 6) is -5.15. The van der Waals surface area contributed by atoms with E-state index in [1.165, 1.54) is 0 Å². The summed E-state index contributed by atoms with van der Waals surface area (Å²) in [5.41, 5.74) is -0.645. The number of pyridine rings is 1. The quantitative estimate of drug-likeness (QED) is 0.628. The second kappa shape index (κ2) is 4.96. The van der Waals surface area contributed by atoms with Crippen LogP contribution < -0.4 is 4.74 Å². The van der Waals surface area contributed by atoms with Gasteiger partial charge in [0.05, 0.1) is 12.0 Å². The molecule has 8 nitrogen and oxygen atoms in total. The lowest BCUT2D eigenvalue weighted by Gasteiger charge is -2.08. The minimum absolute atomic E-state index is 0.486. The number of hydrogen-bond acceptors (Lipinski definition) is 6. The number of aromatic nitrogens is 1. The molecule has 1 aromatic heterocycles. The number of nitro groups is 1. The Morgan fingerprint density at radius 1 is 1.53 bits per heavy atom. The molecule has 0 atom stereocenters. The first-order valence-corrected chi connectivity index (χ1v) is 4.45. The van der Waals surface area contributed by atoms with Crippen molar-refractivity contribution in [3.8, 4) is 11.6 Å². The van der Waals surface area contributed by atoms with Crippen molar-refractivity contribution in [2.24, 2.45) is 0 Å². The molecule has 1 aromatic rings. The average molecular weight is 282 g/mol. The number of nitrogens with zero attached hydrogens (tertiary/aromatic N) is 2. The number of carboxylic acids is 1. The minimum Gasteiger partial charge on any atom is -0.501 e. The van der Waals surface area contributed by atoms with Gasteiger partial charge in [-0.15, -0.1) is 13.2 Å². The van der Waals surface area contributed by atoms with Gasteiger partial charge in [0.15, 0.2) is 0 Å². The number of aliphatic carboxylic acids is 1. The molecule has 0 fully saturated rings. The van der Waals surface area contributed by atoms with Gasteiger partial charge in [0.2, 0.25) is 5.75 Å². The molecule has 0 radical (unpaired) electrons. The maximum atomic E-state index is 12.1. The van der Waals surface area contributed by atoms with E-state index in [0.29, 0.717) is 6.07 Å². The third-order valence-electron chi connectivity index (χ3n) is 1.75. The molecule has 104 valence electrons. The van der Waals surface area contributed by atoms with Gasteiger partial charge in [-0.2, -0.15) is 0 Å². The van der Waals surface area contributed by atoms with Crippen LogP contribution in [0.4, 0.5) is 19.0 Å². The molecule has 0 aliphatic heterocycles. The molecule has 0 saturated heterocycles. The Kier molecular flexibility index (Phi) is 3.77. The number of ether oxygens (including phenoxy) is 1. The van der Waals surface area contributed by atoms with Gasteiger partial charge >= 0.3 is 24.0 Å². The molecule has 1 heterocycles. The predicted molar refractivity (Wildman–Crippen MR) is 50.6 cm³/mol. The highest BCUT2D eigenvalue weighted by molar-refractivity contribution is 5.71. The topological polar surface area (TPSA) is 123 Å². The second-order valence-corrected chi connectivity index (χ2v) is 3.17. The summed E-state index contributed by atoms with van der Waals surface area (Å²) in [4.78, 5) is 22.5. The van der Waals surface area contributed by atoms with Crippen LogP contribution in [0.5, 0.6) is 11.6 Å². The van der Waals surface area contributed by atoms with Crippen LogP contribution in [0.3, 0.4) is 0 Å². The number of hydrogen-bond donors (Lipinski definition) is 2. The van der Waals surface area contributed by atoms with Crippen molar-refractivity contribution in [1.82, 2.24) is 4.98 Å². The zero-order chi connectivity index (χ0) is 14.8. The normalized spacial score (nSPS) is 11.1. The summed E-state index contributed by atoms with van der Waals surface area (Å²) in [7, 11) is 0. The van der Waals surface area contributed by atoms with Gasteiger partial charge in [0, 0.05) is 11.1 Å². The first-order valence-electron chi connectivity index (χ1n) is 4.45. The molecule has 0 amide bonds. The molecule has 1 rings (SSSR count). The average Bonchev–Trinajstić information content (AvgIpc) is 2.18. The van der Waals surface area contributed by atoms with E-state index in [1.54, 1.807) is 0 Å². The highest BCUT2D eigenvalue weighted by atomic mass is 19.4. The van der Waals surface area contributed by atoms with Crippen LogP contribution >= 0.6 is 0 Å². The van der Waals surface area contributed by atoms with Crippen LogP contribution in [-0.2, 0) is 11.2 Å². The largest absolute Gasteiger partial charge is 0.575 e. The summed E-state index contributed by atoms with van der Waals surface area (Å²) >= 11 is 0. The van der Waals surface area contributed by atoms with Gasteiger partial charge < -0.3 is 25.1 Å². The summed E-state index contributed by atoms with van der Waals surface area (Å²) in [6.45, 7) is 0. The molecule has 0 bridgehead atoms. The number of halogens is 3. The molecule has 0 aromatic carbocycles. The molecule has 0 aliphatic carbocycles. The lowest BCUT2D eigenvalue weighted by Crippen LogP contribution is -2.20. The molecule has 0 saturated carbocycles. The Balaban J connectivity index is 3.32. The van der Waals surface area contributed by atoms with Gasteiger partial charge in [0.25, 0.3) is 0 Å². The van der Waals surface area contributed by atoms with Crippen molar-refractivity contribution >= 4 is 11.8 Å². The van der Waals surface area contributed by atoms with Crippen LogP contribution in [0, 0.1) is 10.1 Å². The molecular weight excluding hydrogens is 277 g/mol. The van der Waals surface area contributed by atoms with Gasteiger partial charge in [-0.05, 0) is 4.92 Å². The van der Waals surface area contributed by atoms with E-state index in [2.05, 4.69) is 9.72 Å². The van der Waals surface area contributed by atoms with Crippen molar-refractivity contribution in [2.75, 3.05) is 0 Å². The van der Waals surface area contributed by atoms with Crippen molar-refractivity contribution in [2.45, 2.75) is 12.8 Å². The van der Waals surface area contributed by atoms with Crippen LogP contribution in [-0.4, -0.2) is 32.5 Å². The van der Waals surface area contributed by atoms with E-state index >= 15 is 0 Å². The molecule has 2 N–H and O–H groups in total. The lowest BCUT2D eigenvalue weighted by atomic mass is 10.2. The molecule has 11 heteroatoms. The molecule has 0 spiro atoms. The van der Waals surface area contributed by atoms with E-state index in [0.717, 1.165) is 0 Å². The van der Waals surface area contributed by atoms with E-state index in [1.807, 2.05) is 0 Å². The van der Waals surface area contributed by atoms with Gasteiger partial charge in [-0.25, -0.2) is 0 Å². The minimum atomic E-state index is -5.20. The van der Waals surface area contributed by atoms with Gasteiger partial charge in [0.1, 0.15) is 0 Å². The molecule has 0 aliphatic rings. The fourth-order valence-corrected chi connectivity index (χ4v) is 1.14. The van der Waals surface area contributed by atoms with Crippen molar-refractivity contribution in [3.63, 3.8) is 0 Å². The van der Waals surface area contributed by atoms with Crippen LogP contribution in [0.1, 0.15) is 5.56 Å². The van der Waals surface area contributed by atoms with Crippen LogP contribution in [0.25, 0.3) is 0 Å². The standard InChI is InChI=1S/C8H5F3N2O6/c9-8(10,11)19-7-3(2-5(15)16)1-4(14)6(12-7)13(17)18/h1,14H,2H2,(H,15,16). The number of aromatic hydroxyl groups is 1. The monoisotopic (exact) mass is 282 g/mol. The van der Waals surface area contributed by atoms with Crippen LogP contribution in [0.2, 0.25) is 0 Å². The van der Waals surface area contributed by atoms with Crippen molar-refractivity contribution in [3.05, 3.63) is 21.7 Å². The summed E-state index contributed by atoms with van der Waals surface area (Å²) in [6.07, 6.45) is -6.16. The SMILES string of the molecule is O=C(O)Cc1cc(O)c([N+](=O)[O-])nc1OC(F)(F)F. The Bertz CT molecular complexity index is 530. The fourth-order valence-electron chi connectivity index (χ4n) is 1.14. The van der Waals surface area contributed by atoms with E-state index in [4.69, 9.17) is 10.2 Å². The molecule has 0 unspecified atom stereocenters. The van der Waals surface area contributed by atoms with E-state index < -0.39 is 46.7 Å². The summed E-state index contributed by atoms with van der Waals surface area (Å²) in [5, 5.41) is 28.0. The number of rotatable bonds is 4. The zero-order valence-corrected chi connectivity index (χ0v) is 8.84. The Labute approximate surface area is 102 Å². The second-order valence-electron chi connectivity index (χ2n) is 3.17. The maximum Gasteiger partial charge on any atom is 0.575 e. The Morgan fingerprint density at radius 2 is 2.11 bits per heavy atom. The third kappa shape index (κ3) is 3.97.